The molecule has 1 atom stereocenters. The highest BCUT2D eigenvalue weighted by molar-refractivity contribution is 7.91. The van der Waals surface area contributed by atoms with Gasteiger partial charge in [-0.15, -0.1) is 0 Å². The van der Waals surface area contributed by atoms with Crippen LogP contribution in [0.1, 0.15) is 13.3 Å². The Morgan fingerprint density at radius 3 is 2.75 bits per heavy atom. The fourth-order valence-corrected chi connectivity index (χ4v) is 3.77. The summed E-state index contributed by atoms with van der Waals surface area (Å²) >= 11 is 0. The van der Waals surface area contributed by atoms with E-state index < -0.39 is 15.4 Å². The summed E-state index contributed by atoms with van der Waals surface area (Å²) in [5, 5.41) is 13.6. The van der Waals surface area contributed by atoms with Gasteiger partial charge in [-0.25, -0.2) is 8.42 Å². The fraction of sp³-hybridized carbons (Fsp3) is 0.778. The first-order chi connectivity index (χ1) is 7.37. The Labute approximate surface area is 94.9 Å². The zero-order valence-corrected chi connectivity index (χ0v) is 9.93. The summed E-state index contributed by atoms with van der Waals surface area (Å²) in [6.07, 6.45) is 0.515. The molecule has 0 aliphatic carbocycles. The topological polar surface area (TPSA) is 99.1 Å². The summed E-state index contributed by atoms with van der Waals surface area (Å²) < 4.78 is 22.6. The van der Waals surface area contributed by atoms with Crippen molar-refractivity contribution in [3.63, 3.8) is 0 Å². The van der Waals surface area contributed by atoms with Gasteiger partial charge < -0.3 is 10.6 Å². The van der Waals surface area contributed by atoms with Crippen LogP contribution in [0.3, 0.4) is 0 Å². The number of sulfone groups is 1. The molecule has 0 aromatic rings. The number of hydrogen-bond acceptors (Lipinski definition) is 5. The largest absolute Gasteiger partial charge is 0.342 e. The monoisotopic (exact) mass is 245 g/mol. The van der Waals surface area contributed by atoms with Gasteiger partial charge in [0.1, 0.15) is 6.54 Å². The molecule has 0 aromatic carbocycles. The highest BCUT2D eigenvalue weighted by atomic mass is 32.2. The maximum atomic E-state index is 11.3. The molecule has 1 fully saturated rings. The number of nitrogens with zero attached hydrogens (tertiary/aromatic N) is 1. The third-order valence-corrected chi connectivity index (χ3v) is 4.45. The van der Waals surface area contributed by atoms with E-state index in [1.807, 2.05) is 0 Å². The second kappa shape index (κ2) is 4.80. The van der Waals surface area contributed by atoms with Crippen LogP contribution in [-0.4, -0.2) is 44.5 Å². The van der Waals surface area contributed by atoms with E-state index in [4.69, 9.17) is 5.26 Å². The van der Waals surface area contributed by atoms with E-state index in [-0.39, 0.29) is 30.5 Å². The molecule has 1 unspecified atom stereocenters. The molecule has 1 heterocycles. The average Bonchev–Trinajstić information content (AvgIpc) is 2.48. The fourth-order valence-electron chi connectivity index (χ4n) is 1.64. The van der Waals surface area contributed by atoms with Crippen LogP contribution in [0.4, 0.5) is 0 Å². The molecule has 1 aliphatic heterocycles. The van der Waals surface area contributed by atoms with Gasteiger partial charge in [-0.2, -0.15) is 5.26 Å². The highest BCUT2D eigenvalue weighted by Crippen LogP contribution is 2.22. The van der Waals surface area contributed by atoms with Crippen molar-refractivity contribution in [3.8, 4) is 6.07 Å². The van der Waals surface area contributed by atoms with E-state index in [9.17, 15) is 13.2 Å². The lowest BCUT2D eigenvalue weighted by Gasteiger charge is -2.23. The van der Waals surface area contributed by atoms with Crippen LogP contribution in [0.25, 0.3) is 0 Å². The Kier molecular flexibility index (Phi) is 3.88. The van der Waals surface area contributed by atoms with E-state index in [0.29, 0.717) is 6.42 Å². The summed E-state index contributed by atoms with van der Waals surface area (Å²) in [4.78, 5) is 11.2. The molecule has 2 N–H and O–H groups in total. The van der Waals surface area contributed by atoms with Crippen molar-refractivity contribution in [3.05, 3.63) is 0 Å². The van der Waals surface area contributed by atoms with Crippen molar-refractivity contribution in [2.45, 2.75) is 18.9 Å². The van der Waals surface area contributed by atoms with Gasteiger partial charge in [0.05, 0.1) is 24.1 Å². The van der Waals surface area contributed by atoms with E-state index in [0.717, 1.165) is 0 Å². The predicted molar refractivity (Wildman–Crippen MR) is 58.3 cm³/mol. The van der Waals surface area contributed by atoms with Gasteiger partial charge in [0.25, 0.3) is 0 Å². The Morgan fingerprint density at radius 1 is 1.56 bits per heavy atom. The number of carbonyl (C=O) groups excluding carboxylic acids is 1. The standard InChI is InChI=1S/C9H15N3O3S/c1-9(2-5-16(14,15)7-9)12-6-8(13)11-4-3-10/h12H,2,4-7H2,1H3,(H,11,13). The minimum atomic E-state index is -2.97. The van der Waals surface area contributed by atoms with Crippen LogP contribution in [0.5, 0.6) is 0 Å². The van der Waals surface area contributed by atoms with Gasteiger partial charge >= 0.3 is 0 Å². The van der Waals surface area contributed by atoms with Crippen LogP contribution in [0, 0.1) is 11.3 Å². The van der Waals surface area contributed by atoms with Gasteiger partial charge in [-0.05, 0) is 13.3 Å². The third kappa shape index (κ3) is 3.79. The van der Waals surface area contributed by atoms with Crippen LogP contribution < -0.4 is 10.6 Å². The molecule has 0 saturated carbocycles. The average molecular weight is 245 g/mol. The van der Waals surface area contributed by atoms with Crippen molar-refractivity contribution in [2.24, 2.45) is 0 Å². The Balaban J connectivity index is 2.39. The molecule has 7 heteroatoms. The molecule has 0 aromatic heterocycles. The first-order valence-electron chi connectivity index (χ1n) is 4.96. The van der Waals surface area contributed by atoms with E-state index >= 15 is 0 Å². The van der Waals surface area contributed by atoms with Gasteiger partial charge in [0.2, 0.25) is 5.91 Å². The van der Waals surface area contributed by atoms with Crippen LogP contribution in [0.2, 0.25) is 0 Å². The molecule has 1 aliphatic rings. The molecule has 1 saturated heterocycles. The van der Waals surface area contributed by atoms with Crippen molar-refractivity contribution in [1.82, 2.24) is 10.6 Å². The second-order valence-electron chi connectivity index (χ2n) is 4.19. The van der Waals surface area contributed by atoms with E-state index in [2.05, 4.69) is 10.6 Å². The molecular weight excluding hydrogens is 230 g/mol. The zero-order valence-electron chi connectivity index (χ0n) is 9.12. The first-order valence-corrected chi connectivity index (χ1v) is 6.78. The number of rotatable bonds is 4. The predicted octanol–water partition coefficient (Wildman–Crippen LogP) is -1.21. The van der Waals surface area contributed by atoms with E-state index in [1.54, 1.807) is 13.0 Å². The molecule has 16 heavy (non-hydrogen) atoms. The van der Waals surface area contributed by atoms with Gasteiger partial charge in [0, 0.05) is 5.54 Å². The highest BCUT2D eigenvalue weighted by Gasteiger charge is 2.38. The summed E-state index contributed by atoms with van der Waals surface area (Å²) in [5.74, 6) is -0.0750. The number of hydrogen-bond donors (Lipinski definition) is 2. The van der Waals surface area contributed by atoms with E-state index in [1.165, 1.54) is 0 Å². The molecule has 1 amide bonds. The summed E-state index contributed by atoms with van der Waals surface area (Å²) in [6, 6.07) is 1.79. The lowest BCUT2D eigenvalue weighted by molar-refractivity contribution is -0.120. The molecule has 6 nitrogen and oxygen atoms in total. The quantitative estimate of drug-likeness (QED) is 0.606. The Morgan fingerprint density at radius 2 is 2.25 bits per heavy atom. The lowest BCUT2D eigenvalue weighted by atomic mass is 10.0. The SMILES string of the molecule is CC1(NCC(=O)NCC#N)CCS(=O)(=O)C1. The Hall–Kier alpha value is -1.13. The van der Waals surface area contributed by atoms with Gasteiger partial charge in [-0.1, -0.05) is 0 Å². The molecule has 1 rings (SSSR count). The first kappa shape index (κ1) is 12.9. The summed E-state index contributed by atoms with van der Waals surface area (Å²) in [7, 11) is -2.97. The molecule has 90 valence electrons. The Bertz CT molecular complexity index is 412. The number of carbonyl (C=O) groups is 1. The maximum Gasteiger partial charge on any atom is 0.234 e. The van der Waals surface area contributed by atoms with Crippen LogP contribution in [-0.2, 0) is 14.6 Å². The minimum absolute atomic E-state index is 0.0322. The van der Waals surface area contributed by atoms with Gasteiger partial charge in [-0.3, -0.25) is 4.79 Å². The van der Waals surface area contributed by atoms with Gasteiger partial charge in [0.15, 0.2) is 9.84 Å². The van der Waals surface area contributed by atoms with Crippen molar-refractivity contribution < 1.29 is 13.2 Å². The number of nitriles is 1. The molecule has 0 bridgehead atoms. The zero-order chi connectivity index (χ0) is 12.2. The smallest absolute Gasteiger partial charge is 0.234 e. The molecule has 0 radical (unpaired) electrons. The normalized spacial score (nSPS) is 27.2. The minimum Gasteiger partial charge on any atom is -0.342 e. The summed E-state index contributed by atoms with van der Waals surface area (Å²) in [5.41, 5.74) is -0.525. The van der Waals surface area contributed by atoms with Crippen molar-refractivity contribution >= 4 is 15.7 Å². The maximum absolute atomic E-state index is 11.3. The van der Waals surface area contributed by atoms with Crippen molar-refractivity contribution in [2.75, 3.05) is 24.6 Å². The lowest BCUT2D eigenvalue weighted by Crippen LogP contribution is -2.48. The van der Waals surface area contributed by atoms with Crippen molar-refractivity contribution in [1.29, 1.82) is 5.26 Å². The molecule has 0 spiro atoms. The summed E-state index contributed by atoms with van der Waals surface area (Å²) in [6.45, 7) is 1.79. The second-order valence-corrected chi connectivity index (χ2v) is 6.38. The number of nitrogens with one attached hydrogen (secondary N) is 2. The molecular formula is C9H15N3O3S. The van der Waals surface area contributed by atoms with Crippen LogP contribution in [0.15, 0.2) is 0 Å². The number of amides is 1. The van der Waals surface area contributed by atoms with Crippen LogP contribution >= 0.6 is 0 Å². The third-order valence-electron chi connectivity index (χ3n) is 2.54.